The minimum atomic E-state index is -1.59. The molecule has 2 heterocycles. The lowest BCUT2D eigenvalue weighted by atomic mass is 10.2. The van der Waals surface area contributed by atoms with Crippen LogP contribution in [0.3, 0.4) is 0 Å². The van der Waals surface area contributed by atoms with E-state index in [-0.39, 0.29) is 9.23 Å². The molecule has 1 amide bonds. The van der Waals surface area contributed by atoms with Gasteiger partial charge in [0.05, 0.1) is 16.3 Å². The number of carboxylic acids is 2. The van der Waals surface area contributed by atoms with Gasteiger partial charge in [-0.2, -0.15) is 0 Å². The maximum atomic E-state index is 12.6. The maximum absolute atomic E-state index is 12.6. The second kappa shape index (κ2) is 8.58. The molecule has 0 radical (unpaired) electrons. The number of benzene rings is 1. The van der Waals surface area contributed by atoms with Crippen LogP contribution in [0.25, 0.3) is 17.4 Å². The van der Waals surface area contributed by atoms with Gasteiger partial charge >= 0.3 is 11.9 Å². The van der Waals surface area contributed by atoms with Gasteiger partial charge < -0.3 is 14.6 Å². The molecule has 0 bridgehead atoms. The van der Waals surface area contributed by atoms with Crippen LogP contribution in [0.4, 0.5) is 0 Å². The van der Waals surface area contributed by atoms with E-state index in [2.05, 4.69) is 0 Å². The molecule has 1 unspecified atom stereocenters. The van der Waals surface area contributed by atoms with Crippen LogP contribution in [0.5, 0.6) is 0 Å². The zero-order valence-electron chi connectivity index (χ0n) is 14.3. The van der Waals surface area contributed by atoms with Crippen molar-refractivity contribution < 1.29 is 29.0 Å². The first-order chi connectivity index (χ1) is 13.7. The summed E-state index contributed by atoms with van der Waals surface area (Å²) in [7, 11) is 0. The van der Waals surface area contributed by atoms with Crippen LogP contribution in [0.15, 0.2) is 39.7 Å². The Labute approximate surface area is 183 Å². The Morgan fingerprint density at radius 3 is 2.62 bits per heavy atom. The van der Waals surface area contributed by atoms with E-state index in [4.69, 9.17) is 44.9 Å². The van der Waals surface area contributed by atoms with Gasteiger partial charge in [0.15, 0.2) is 0 Å². The highest BCUT2D eigenvalue weighted by atomic mass is 35.5. The van der Waals surface area contributed by atoms with Crippen molar-refractivity contribution in [2.45, 2.75) is 12.5 Å². The van der Waals surface area contributed by atoms with Crippen molar-refractivity contribution in [3.8, 4) is 11.3 Å². The number of thiocarbonyl (C=S) groups is 1. The van der Waals surface area contributed by atoms with Crippen LogP contribution in [-0.2, 0) is 14.4 Å². The van der Waals surface area contributed by atoms with E-state index in [0.717, 1.165) is 16.7 Å². The summed E-state index contributed by atoms with van der Waals surface area (Å²) in [6.07, 6.45) is 0.633. The van der Waals surface area contributed by atoms with E-state index in [0.29, 0.717) is 27.1 Å². The quantitative estimate of drug-likeness (QED) is 0.471. The summed E-state index contributed by atoms with van der Waals surface area (Å²) in [5.41, 5.74) is 0.568. The second-order valence-corrected chi connectivity index (χ2v) is 8.35. The Bertz CT molecular complexity index is 1060. The molecule has 1 saturated heterocycles. The smallest absolute Gasteiger partial charge is 0.327 e. The van der Waals surface area contributed by atoms with Crippen molar-refractivity contribution in [3.63, 3.8) is 0 Å². The fourth-order valence-corrected chi connectivity index (χ4v) is 4.31. The van der Waals surface area contributed by atoms with Crippen LogP contribution in [0.2, 0.25) is 10.0 Å². The molecule has 1 aromatic carbocycles. The molecule has 11 heteroatoms. The Morgan fingerprint density at radius 1 is 1.24 bits per heavy atom. The Morgan fingerprint density at radius 2 is 1.97 bits per heavy atom. The molecule has 0 aliphatic carbocycles. The Balaban J connectivity index is 1.88. The summed E-state index contributed by atoms with van der Waals surface area (Å²) in [5.74, 6) is -2.78. The predicted molar refractivity (Wildman–Crippen MR) is 113 cm³/mol. The fraction of sp³-hybridized carbons (Fsp3) is 0.111. The fourth-order valence-electron chi connectivity index (χ4n) is 2.59. The number of aliphatic carboxylic acids is 2. The van der Waals surface area contributed by atoms with E-state index < -0.39 is 30.3 Å². The van der Waals surface area contributed by atoms with E-state index in [9.17, 15) is 19.5 Å². The number of furan rings is 1. The topological polar surface area (TPSA) is 108 Å². The maximum Gasteiger partial charge on any atom is 0.327 e. The van der Waals surface area contributed by atoms with Gasteiger partial charge in [-0.3, -0.25) is 14.5 Å². The zero-order valence-corrected chi connectivity index (χ0v) is 17.4. The van der Waals surface area contributed by atoms with Gasteiger partial charge in [0.25, 0.3) is 5.91 Å². The number of nitrogens with zero attached hydrogens (tertiary/aromatic N) is 1. The average Bonchev–Trinajstić information content (AvgIpc) is 3.20. The van der Waals surface area contributed by atoms with Crippen LogP contribution in [0, 0.1) is 0 Å². The number of hydrogen-bond donors (Lipinski definition) is 2. The molecular weight excluding hydrogens is 461 g/mol. The highest BCUT2D eigenvalue weighted by Crippen LogP contribution is 2.36. The first-order valence-corrected chi connectivity index (χ1v) is 9.92. The molecule has 1 aromatic heterocycles. The van der Waals surface area contributed by atoms with E-state index in [1.54, 1.807) is 30.3 Å². The van der Waals surface area contributed by atoms with Crippen molar-refractivity contribution >= 4 is 75.4 Å². The van der Waals surface area contributed by atoms with Crippen LogP contribution >= 0.6 is 47.2 Å². The van der Waals surface area contributed by atoms with Gasteiger partial charge in [-0.15, -0.1) is 0 Å². The second-order valence-electron chi connectivity index (χ2n) is 5.83. The summed E-state index contributed by atoms with van der Waals surface area (Å²) in [4.78, 5) is 35.9. The number of halogens is 2. The normalized spacial score (nSPS) is 16.5. The highest BCUT2D eigenvalue weighted by Gasteiger charge is 2.41. The molecule has 0 spiro atoms. The minimum absolute atomic E-state index is 0.0421. The SMILES string of the molecule is O=C(O)CC(C(=O)O)N1C(=O)/C(=C\c2ccc(-c3cc(Cl)ccc3Cl)o2)SC1=S. The van der Waals surface area contributed by atoms with Crippen LogP contribution in [0.1, 0.15) is 12.2 Å². The number of carbonyl (C=O) groups excluding carboxylic acids is 1. The molecule has 2 N–H and O–H groups in total. The van der Waals surface area contributed by atoms with Gasteiger partial charge in [0, 0.05) is 16.7 Å². The number of thioether (sulfide) groups is 1. The first-order valence-electron chi connectivity index (χ1n) is 7.94. The number of hydrogen-bond acceptors (Lipinski definition) is 6. The lowest BCUT2D eigenvalue weighted by molar-refractivity contribution is -0.150. The molecule has 1 fully saturated rings. The molecular formula is C18H11Cl2NO6S2. The first kappa shape index (κ1) is 21.4. The molecule has 1 aliphatic rings. The number of carboxylic acid groups (broad SMARTS) is 2. The van der Waals surface area contributed by atoms with E-state index >= 15 is 0 Å². The highest BCUT2D eigenvalue weighted by molar-refractivity contribution is 8.26. The Kier molecular flexibility index (Phi) is 6.33. The van der Waals surface area contributed by atoms with Gasteiger partial charge in [0.2, 0.25) is 0 Å². The molecule has 7 nitrogen and oxygen atoms in total. The summed E-state index contributed by atoms with van der Waals surface area (Å²) in [6, 6.07) is 6.55. The molecule has 1 atom stereocenters. The van der Waals surface area contributed by atoms with Crippen molar-refractivity contribution in [2.75, 3.05) is 0 Å². The summed E-state index contributed by atoms with van der Waals surface area (Å²) >= 11 is 18.1. The van der Waals surface area contributed by atoms with Gasteiger partial charge in [-0.1, -0.05) is 47.2 Å². The lowest BCUT2D eigenvalue weighted by Gasteiger charge is -2.21. The van der Waals surface area contributed by atoms with E-state index in [1.165, 1.54) is 6.08 Å². The molecule has 3 rings (SSSR count). The summed E-state index contributed by atoms with van der Waals surface area (Å²) in [6.45, 7) is 0. The molecule has 0 saturated carbocycles. The average molecular weight is 472 g/mol. The third kappa shape index (κ3) is 4.64. The predicted octanol–water partition coefficient (Wildman–Crippen LogP) is 4.38. The summed E-state index contributed by atoms with van der Waals surface area (Å²) in [5, 5.41) is 19.1. The number of rotatable bonds is 6. The summed E-state index contributed by atoms with van der Waals surface area (Å²) < 4.78 is 5.66. The third-order valence-electron chi connectivity index (χ3n) is 3.88. The van der Waals surface area contributed by atoms with Crippen molar-refractivity contribution in [2.24, 2.45) is 0 Å². The van der Waals surface area contributed by atoms with Gasteiger partial charge in [0.1, 0.15) is 21.9 Å². The van der Waals surface area contributed by atoms with E-state index in [1.807, 2.05) is 0 Å². The Hall–Kier alpha value is -2.33. The van der Waals surface area contributed by atoms with Crippen molar-refractivity contribution in [3.05, 3.63) is 51.0 Å². The number of carbonyl (C=O) groups is 3. The molecule has 29 heavy (non-hydrogen) atoms. The van der Waals surface area contributed by atoms with Crippen molar-refractivity contribution in [1.82, 2.24) is 4.90 Å². The lowest BCUT2D eigenvalue weighted by Crippen LogP contribution is -2.45. The minimum Gasteiger partial charge on any atom is -0.481 e. The number of amides is 1. The molecule has 150 valence electrons. The zero-order chi connectivity index (χ0) is 21.3. The standard InChI is InChI=1S/C18H11Cl2NO6S2/c19-8-1-3-11(20)10(5-8)13-4-2-9(27-13)6-14-16(24)21(18(28)29-14)12(17(25)26)7-15(22)23/h1-6,12H,7H2,(H,22,23)(H,25,26)/b14-6+. The van der Waals surface area contributed by atoms with Gasteiger partial charge in [-0.05, 0) is 30.3 Å². The van der Waals surface area contributed by atoms with Crippen LogP contribution in [-0.4, -0.2) is 43.3 Å². The molecule has 2 aromatic rings. The largest absolute Gasteiger partial charge is 0.481 e. The van der Waals surface area contributed by atoms with Gasteiger partial charge in [-0.25, -0.2) is 4.79 Å². The third-order valence-corrected chi connectivity index (χ3v) is 5.78. The molecule has 1 aliphatic heterocycles. The monoisotopic (exact) mass is 471 g/mol. The van der Waals surface area contributed by atoms with Crippen molar-refractivity contribution in [1.29, 1.82) is 0 Å². The van der Waals surface area contributed by atoms with Crippen LogP contribution < -0.4 is 0 Å².